The van der Waals surface area contributed by atoms with Gasteiger partial charge in [0.05, 0.1) is 17.2 Å². The number of hydrogen-bond donors (Lipinski definition) is 1. The Balaban J connectivity index is 1.92. The Bertz CT molecular complexity index is 823. The molecule has 1 N–H and O–H groups in total. The Kier molecular flexibility index (Phi) is 3.22. The van der Waals surface area contributed by atoms with Crippen molar-refractivity contribution >= 4 is 5.78 Å². The molecule has 0 fully saturated rings. The Morgan fingerprint density at radius 1 is 1.33 bits per heavy atom. The molecule has 0 radical (unpaired) electrons. The number of fused-ring (bicyclic) bond motifs is 2. The largest absolute Gasteiger partial charge is 0.454 e. The molecule has 1 aliphatic carbocycles. The van der Waals surface area contributed by atoms with Gasteiger partial charge in [0.25, 0.3) is 0 Å². The number of ketones is 1. The molecule has 0 spiro atoms. The molecule has 1 aliphatic heterocycles. The molecule has 0 bridgehead atoms. The fourth-order valence-electron chi connectivity index (χ4n) is 4.06. The Morgan fingerprint density at radius 3 is 2.83 bits per heavy atom. The number of aliphatic hydroxyl groups is 1. The molecule has 24 heavy (non-hydrogen) atoms. The number of carbonyl (C=O) groups is 1. The van der Waals surface area contributed by atoms with Gasteiger partial charge in [-0.15, -0.1) is 0 Å². The number of Topliss-reactive ketones (excluding diaryl/α,β-unsaturated/α-hetero) is 1. The van der Waals surface area contributed by atoms with E-state index in [4.69, 9.17) is 14.0 Å². The Morgan fingerprint density at radius 2 is 2.08 bits per heavy atom. The molecule has 0 saturated carbocycles. The lowest BCUT2D eigenvalue weighted by Gasteiger charge is -2.40. The van der Waals surface area contributed by atoms with Crippen molar-refractivity contribution in [2.45, 2.75) is 38.7 Å². The highest BCUT2D eigenvalue weighted by Gasteiger charge is 2.49. The van der Waals surface area contributed by atoms with E-state index in [0.29, 0.717) is 29.4 Å². The molecule has 3 atom stereocenters. The van der Waals surface area contributed by atoms with Crippen molar-refractivity contribution in [2.24, 2.45) is 5.92 Å². The van der Waals surface area contributed by atoms with Crippen molar-refractivity contribution in [2.75, 3.05) is 6.79 Å². The monoisotopic (exact) mass is 329 g/mol. The molecule has 2 aliphatic rings. The zero-order chi connectivity index (χ0) is 17.1. The zero-order valence-electron chi connectivity index (χ0n) is 13.8. The maximum absolute atomic E-state index is 12.4. The zero-order valence-corrected chi connectivity index (χ0v) is 13.8. The van der Waals surface area contributed by atoms with Gasteiger partial charge in [0.2, 0.25) is 6.79 Å². The molecule has 2 heterocycles. The third-order valence-electron chi connectivity index (χ3n) is 5.02. The van der Waals surface area contributed by atoms with Crippen LogP contribution in [0.5, 0.6) is 11.5 Å². The van der Waals surface area contributed by atoms with Gasteiger partial charge < -0.3 is 19.1 Å². The number of aryl methyl sites for hydroxylation is 1. The van der Waals surface area contributed by atoms with Crippen LogP contribution in [-0.2, 0) is 11.2 Å². The summed E-state index contributed by atoms with van der Waals surface area (Å²) in [5.41, 5.74) is 1.29. The van der Waals surface area contributed by atoms with Gasteiger partial charge in [-0.25, -0.2) is 0 Å². The summed E-state index contributed by atoms with van der Waals surface area (Å²) in [5.74, 6) is 1.03. The number of rotatable bonds is 2. The van der Waals surface area contributed by atoms with Gasteiger partial charge in [-0.2, -0.15) is 0 Å². The van der Waals surface area contributed by atoms with E-state index in [1.165, 1.54) is 6.92 Å². The third-order valence-corrected chi connectivity index (χ3v) is 5.02. The van der Waals surface area contributed by atoms with Gasteiger partial charge >= 0.3 is 0 Å². The molecule has 1 aromatic carbocycles. The van der Waals surface area contributed by atoms with Crippen molar-refractivity contribution in [1.82, 2.24) is 5.16 Å². The first-order valence-corrected chi connectivity index (χ1v) is 7.96. The van der Waals surface area contributed by atoms with Crippen LogP contribution in [0, 0.1) is 12.8 Å². The van der Waals surface area contributed by atoms with Crippen LogP contribution >= 0.6 is 0 Å². The van der Waals surface area contributed by atoms with E-state index >= 15 is 0 Å². The number of carbonyl (C=O) groups excluding carboxylic acids is 1. The summed E-state index contributed by atoms with van der Waals surface area (Å²) < 4.78 is 16.2. The molecule has 6 nitrogen and oxygen atoms in total. The van der Waals surface area contributed by atoms with E-state index in [1.807, 2.05) is 25.1 Å². The minimum absolute atomic E-state index is 0.0612. The van der Waals surface area contributed by atoms with E-state index in [9.17, 15) is 9.90 Å². The predicted molar refractivity (Wildman–Crippen MR) is 84.1 cm³/mol. The first kappa shape index (κ1) is 15.2. The molecule has 126 valence electrons. The summed E-state index contributed by atoms with van der Waals surface area (Å²) in [6.07, 6.45) is 0.297. The Hall–Kier alpha value is -2.34. The maximum atomic E-state index is 12.4. The van der Waals surface area contributed by atoms with Crippen molar-refractivity contribution in [3.8, 4) is 11.5 Å². The lowest BCUT2D eigenvalue weighted by atomic mass is 9.64. The summed E-state index contributed by atoms with van der Waals surface area (Å²) in [6, 6.07) is 5.62. The Labute approximate surface area is 139 Å². The highest BCUT2D eigenvalue weighted by atomic mass is 16.7. The van der Waals surface area contributed by atoms with Crippen LogP contribution < -0.4 is 9.47 Å². The quantitative estimate of drug-likeness (QED) is 0.911. The average Bonchev–Trinajstić information content (AvgIpc) is 3.10. The minimum atomic E-state index is -1.19. The predicted octanol–water partition coefficient (Wildman–Crippen LogP) is 2.36. The van der Waals surface area contributed by atoms with Crippen LogP contribution in [0.15, 0.2) is 22.7 Å². The second-order valence-electron chi connectivity index (χ2n) is 6.81. The number of nitrogens with zero attached hydrogens (tertiary/aromatic N) is 1. The SMILES string of the molecule is CC(=O)[C@@H]1[C@@H](c2ccc3c(c2)OCO3)c2c(noc2C)C[C@@]1(C)O. The van der Waals surface area contributed by atoms with Crippen molar-refractivity contribution in [3.63, 3.8) is 0 Å². The fourth-order valence-corrected chi connectivity index (χ4v) is 4.06. The lowest BCUT2D eigenvalue weighted by Crippen LogP contribution is -2.48. The smallest absolute Gasteiger partial charge is 0.231 e. The number of aromatic nitrogens is 1. The van der Waals surface area contributed by atoms with Gasteiger partial charge in [0, 0.05) is 17.9 Å². The highest BCUT2D eigenvalue weighted by Crippen LogP contribution is 2.48. The van der Waals surface area contributed by atoms with Gasteiger partial charge in [-0.1, -0.05) is 11.2 Å². The minimum Gasteiger partial charge on any atom is -0.454 e. The van der Waals surface area contributed by atoms with E-state index < -0.39 is 11.5 Å². The van der Waals surface area contributed by atoms with E-state index in [0.717, 1.165) is 11.1 Å². The normalized spacial score (nSPS) is 27.8. The van der Waals surface area contributed by atoms with Crippen molar-refractivity contribution in [1.29, 1.82) is 0 Å². The molecule has 0 unspecified atom stereocenters. The van der Waals surface area contributed by atoms with E-state index in [-0.39, 0.29) is 18.5 Å². The highest BCUT2D eigenvalue weighted by molar-refractivity contribution is 5.82. The van der Waals surface area contributed by atoms with Crippen LogP contribution in [0.25, 0.3) is 0 Å². The van der Waals surface area contributed by atoms with Crippen molar-refractivity contribution < 1.29 is 23.9 Å². The van der Waals surface area contributed by atoms with Gasteiger partial charge in [0.15, 0.2) is 11.5 Å². The summed E-state index contributed by atoms with van der Waals surface area (Å²) >= 11 is 0. The van der Waals surface area contributed by atoms with Crippen LogP contribution in [0.3, 0.4) is 0 Å². The van der Waals surface area contributed by atoms with Gasteiger partial charge in [0.1, 0.15) is 11.5 Å². The molecule has 0 saturated heterocycles. The summed E-state index contributed by atoms with van der Waals surface area (Å²) in [5, 5.41) is 15.0. The van der Waals surface area contributed by atoms with Gasteiger partial charge in [-0.05, 0) is 38.5 Å². The molecular weight excluding hydrogens is 310 g/mol. The number of ether oxygens (including phenoxy) is 2. The van der Waals surface area contributed by atoms with E-state index in [2.05, 4.69) is 5.16 Å². The standard InChI is InChI=1S/C18H19NO5/c1-9(20)17-16(11-4-5-13-14(6-11)23-8-22-13)15-10(2)24-19-12(15)7-18(17,3)21/h4-6,16-17,21H,7-8H2,1-3H3/t16-,17+,18+/m0/s1. The maximum Gasteiger partial charge on any atom is 0.231 e. The summed E-state index contributed by atoms with van der Waals surface area (Å²) in [7, 11) is 0. The first-order chi connectivity index (χ1) is 11.4. The molecule has 1 aromatic heterocycles. The second-order valence-corrected chi connectivity index (χ2v) is 6.81. The number of benzene rings is 1. The average molecular weight is 329 g/mol. The second kappa shape index (κ2) is 5.08. The molecular formula is C18H19NO5. The third kappa shape index (κ3) is 2.13. The molecule has 4 rings (SSSR count). The van der Waals surface area contributed by atoms with Crippen LogP contribution in [0.1, 0.15) is 42.3 Å². The van der Waals surface area contributed by atoms with E-state index in [1.54, 1.807) is 6.92 Å². The first-order valence-electron chi connectivity index (χ1n) is 7.96. The lowest BCUT2D eigenvalue weighted by molar-refractivity contribution is -0.130. The number of hydrogen-bond acceptors (Lipinski definition) is 6. The molecule has 0 amide bonds. The van der Waals surface area contributed by atoms with Crippen LogP contribution in [-0.4, -0.2) is 28.4 Å². The van der Waals surface area contributed by atoms with Crippen LogP contribution in [0.4, 0.5) is 0 Å². The van der Waals surface area contributed by atoms with Crippen LogP contribution in [0.2, 0.25) is 0 Å². The van der Waals surface area contributed by atoms with Crippen molar-refractivity contribution in [3.05, 3.63) is 40.8 Å². The molecule has 2 aromatic rings. The van der Waals surface area contributed by atoms with Gasteiger partial charge in [-0.3, -0.25) is 4.79 Å². The molecule has 6 heteroatoms. The topological polar surface area (TPSA) is 81.8 Å². The summed E-state index contributed by atoms with van der Waals surface area (Å²) in [6.45, 7) is 5.23. The summed E-state index contributed by atoms with van der Waals surface area (Å²) in [4.78, 5) is 12.4. The fraction of sp³-hybridized carbons (Fsp3) is 0.444.